The number of carbonyl (C=O) groups excluding carboxylic acids is 1. The standard InChI is InChI=1S/C20H22N2O4/c21-18(19(23)24)10-5-11-22-20(25)26-12-17-15-8-3-1-6-13(15)14-7-2-4-9-16(14)17/h1-4,6-9,17-18H,5,10-12,21H2,(H,22,25)(H,23,24). The van der Waals surface area contributed by atoms with Gasteiger partial charge in [0.1, 0.15) is 12.6 Å². The van der Waals surface area contributed by atoms with Gasteiger partial charge in [-0.25, -0.2) is 4.79 Å². The zero-order valence-corrected chi connectivity index (χ0v) is 14.4. The zero-order valence-electron chi connectivity index (χ0n) is 14.4. The molecule has 0 aliphatic heterocycles. The molecule has 1 aliphatic carbocycles. The predicted molar refractivity (Wildman–Crippen MR) is 97.9 cm³/mol. The Morgan fingerprint density at radius 1 is 1.08 bits per heavy atom. The maximum absolute atomic E-state index is 11.9. The summed E-state index contributed by atoms with van der Waals surface area (Å²) in [4.78, 5) is 22.6. The van der Waals surface area contributed by atoms with Gasteiger partial charge in [0.2, 0.25) is 0 Å². The maximum Gasteiger partial charge on any atom is 0.407 e. The number of nitrogens with one attached hydrogen (secondary N) is 1. The van der Waals surface area contributed by atoms with Gasteiger partial charge in [-0.15, -0.1) is 0 Å². The van der Waals surface area contributed by atoms with Crippen molar-refractivity contribution in [1.29, 1.82) is 0 Å². The molecule has 1 aliphatic rings. The number of amides is 1. The van der Waals surface area contributed by atoms with Crippen molar-refractivity contribution in [1.82, 2.24) is 5.32 Å². The van der Waals surface area contributed by atoms with Gasteiger partial charge in [-0.3, -0.25) is 4.79 Å². The van der Waals surface area contributed by atoms with Crippen LogP contribution in [-0.4, -0.2) is 36.4 Å². The monoisotopic (exact) mass is 354 g/mol. The molecule has 26 heavy (non-hydrogen) atoms. The third-order valence-corrected chi connectivity index (χ3v) is 4.62. The van der Waals surface area contributed by atoms with Gasteiger partial charge in [-0.05, 0) is 35.1 Å². The zero-order chi connectivity index (χ0) is 18.5. The van der Waals surface area contributed by atoms with Crippen molar-refractivity contribution in [3.05, 3.63) is 59.7 Å². The molecule has 0 radical (unpaired) electrons. The average Bonchev–Trinajstić information content (AvgIpc) is 2.97. The number of fused-ring (bicyclic) bond motifs is 3. The number of carboxylic acid groups (broad SMARTS) is 1. The molecule has 1 atom stereocenters. The van der Waals surface area contributed by atoms with Crippen LogP contribution in [0.25, 0.3) is 11.1 Å². The van der Waals surface area contributed by atoms with Crippen LogP contribution in [0, 0.1) is 0 Å². The van der Waals surface area contributed by atoms with E-state index in [4.69, 9.17) is 15.6 Å². The van der Waals surface area contributed by atoms with E-state index < -0.39 is 18.1 Å². The van der Waals surface area contributed by atoms with Crippen molar-refractivity contribution < 1.29 is 19.4 Å². The molecular formula is C20H22N2O4. The first-order valence-electron chi connectivity index (χ1n) is 8.65. The fourth-order valence-corrected chi connectivity index (χ4v) is 3.29. The summed E-state index contributed by atoms with van der Waals surface area (Å²) in [5.74, 6) is -1.01. The van der Waals surface area contributed by atoms with Crippen LogP contribution >= 0.6 is 0 Å². The van der Waals surface area contributed by atoms with Gasteiger partial charge in [0.15, 0.2) is 0 Å². The Morgan fingerprint density at radius 3 is 2.23 bits per heavy atom. The van der Waals surface area contributed by atoms with Gasteiger partial charge in [0, 0.05) is 12.5 Å². The Morgan fingerprint density at radius 2 is 1.65 bits per heavy atom. The van der Waals surface area contributed by atoms with Gasteiger partial charge in [0.05, 0.1) is 0 Å². The van der Waals surface area contributed by atoms with E-state index in [0.717, 1.165) is 11.1 Å². The second kappa shape index (κ2) is 8.01. The highest BCUT2D eigenvalue weighted by Gasteiger charge is 2.28. The quantitative estimate of drug-likeness (QED) is 0.664. The highest BCUT2D eigenvalue weighted by atomic mass is 16.5. The van der Waals surface area contributed by atoms with E-state index in [1.165, 1.54) is 11.1 Å². The molecule has 0 heterocycles. The lowest BCUT2D eigenvalue weighted by Crippen LogP contribution is -2.32. The number of aliphatic carboxylic acids is 1. The minimum atomic E-state index is -1.04. The third-order valence-electron chi connectivity index (χ3n) is 4.62. The molecule has 2 aromatic carbocycles. The van der Waals surface area contributed by atoms with Gasteiger partial charge in [0.25, 0.3) is 0 Å². The molecular weight excluding hydrogens is 332 g/mol. The smallest absolute Gasteiger partial charge is 0.407 e. The fraction of sp³-hybridized carbons (Fsp3) is 0.300. The molecule has 3 rings (SSSR count). The second-order valence-electron chi connectivity index (χ2n) is 6.34. The Hall–Kier alpha value is -2.86. The van der Waals surface area contributed by atoms with E-state index in [1.807, 2.05) is 24.3 Å². The number of hydrogen-bond acceptors (Lipinski definition) is 4. The van der Waals surface area contributed by atoms with Crippen molar-refractivity contribution >= 4 is 12.1 Å². The van der Waals surface area contributed by atoms with Crippen LogP contribution in [0.3, 0.4) is 0 Å². The first-order chi connectivity index (χ1) is 12.6. The molecule has 136 valence electrons. The highest BCUT2D eigenvalue weighted by molar-refractivity contribution is 5.79. The largest absolute Gasteiger partial charge is 0.480 e. The van der Waals surface area contributed by atoms with Crippen LogP contribution in [0.2, 0.25) is 0 Å². The van der Waals surface area contributed by atoms with Crippen molar-refractivity contribution in [3.63, 3.8) is 0 Å². The van der Waals surface area contributed by atoms with E-state index in [0.29, 0.717) is 19.4 Å². The van der Waals surface area contributed by atoms with E-state index >= 15 is 0 Å². The molecule has 0 spiro atoms. The maximum atomic E-state index is 11.9. The summed E-state index contributed by atoms with van der Waals surface area (Å²) >= 11 is 0. The molecule has 4 N–H and O–H groups in total. The van der Waals surface area contributed by atoms with Gasteiger partial charge >= 0.3 is 12.1 Å². The van der Waals surface area contributed by atoms with Crippen LogP contribution in [0.4, 0.5) is 4.79 Å². The summed E-state index contributed by atoms with van der Waals surface area (Å²) in [7, 11) is 0. The van der Waals surface area contributed by atoms with Gasteiger partial charge in [-0.1, -0.05) is 48.5 Å². The van der Waals surface area contributed by atoms with Crippen molar-refractivity contribution in [2.75, 3.05) is 13.2 Å². The molecule has 0 saturated carbocycles. The van der Waals surface area contributed by atoms with E-state index in [2.05, 4.69) is 29.6 Å². The number of carbonyl (C=O) groups is 2. The van der Waals surface area contributed by atoms with Crippen molar-refractivity contribution in [2.45, 2.75) is 24.8 Å². The summed E-state index contributed by atoms with van der Waals surface area (Å²) in [5, 5.41) is 11.4. The topological polar surface area (TPSA) is 102 Å². The lowest BCUT2D eigenvalue weighted by Gasteiger charge is -2.14. The lowest BCUT2D eigenvalue weighted by atomic mass is 9.98. The molecule has 1 unspecified atom stereocenters. The minimum Gasteiger partial charge on any atom is -0.480 e. The van der Waals surface area contributed by atoms with Crippen molar-refractivity contribution in [3.8, 4) is 11.1 Å². The van der Waals surface area contributed by atoms with Crippen LogP contribution < -0.4 is 11.1 Å². The van der Waals surface area contributed by atoms with Crippen LogP contribution in [-0.2, 0) is 9.53 Å². The number of rotatable bonds is 7. The Balaban J connectivity index is 1.53. The molecule has 0 bridgehead atoms. The molecule has 0 aromatic heterocycles. The summed E-state index contributed by atoms with van der Waals surface area (Å²) in [6, 6.07) is 15.4. The van der Waals surface area contributed by atoms with E-state index in [1.54, 1.807) is 0 Å². The van der Waals surface area contributed by atoms with Gasteiger partial charge < -0.3 is 20.9 Å². The summed E-state index contributed by atoms with van der Waals surface area (Å²) in [6.07, 6.45) is 0.284. The number of nitrogens with two attached hydrogens (primary N) is 1. The highest BCUT2D eigenvalue weighted by Crippen LogP contribution is 2.44. The Kier molecular flexibility index (Phi) is 5.53. The third kappa shape index (κ3) is 3.86. The Labute approximate surface area is 152 Å². The molecule has 1 amide bonds. The Bertz CT molecular complexity index is 760. The van der Waals surface area contributed by atoms with Crippen molar-refractivity contribution in [2.24, 2.45) is 5.73 Å². The first kappa shape index (κ1) is 17.9. The summed E-state index contributed by atoms with van der Waals surface area (Å²) < 4.78 is 5.40. The minimum absolute atomic E-state index is 0.0218. The summed E-state index contributed by atoms with van der Waals surface area (Å²) in [6.45, 7) is 0.589. The van der Waals surface area contributed by atoms with Gasteiger partial charge in [-0.2, -0.15) is 0 Å². The number of carboxylic acids is 1. The molecule has 0 saturated heterocycles. The SMILES string of the molecule is NC(CCCNC(=O)OCC1c2ccccc2-c2ccccc21)C(=O)O. The van der Waals surface area contributed by atoms with Crippen LogP contribution in [0.5, 0.6) is 0 Å². The average molecular weight is 354 g/mol. The number of ether oxygens (including phenoxy) is 1. The second-order valence-corrected chi connectivity index (χ2v) is 6.34. The molecule has 2 aromatic rings. The molecule has 6 nitrogen and oxygen atoms in total. The molecule has 0 fully saturated rings. The van der Waals surface area contributed by atoms with Crippen LogP contribution in [0.15, 0.2) is 48.5 Å². The lowest BCUT2D eigenvalue weighted by molar-refractivity contribution is -0.138. The van der Waals surface area contributed by atoms with E-state index in [-0.39, 0.29) is 12.5 Å². The normalized spacial score (nSPS) is 13.6. The molecule has 6 heteroatoms. The van der Waals surface area contributed by atoms with E-state index in [9.17, 15) is 9.59 Å². The first-order valence-corrected chi connectivity index (χ1v) is 8.65. The predicted octanol–water partition coefficient (Wildman–Crippen LogP) is 2.72. The number of benzene rings is 2. The number of hydrogen-bond donors (Lipinski definition) is 3. The number of alkyl carbamates (subject to hydrolysis) is 1. The van der Waals surface area contributed by atoms with Crippen LogP contribution in [0.1, 0.15) is 29.9 Å². The summed E-state index contributed by atoms with van der Waals surface area (Å²) in [5.41, 5.74) is 10.1. The fourth-order valence-electron chi connectivity index (χ4n) is 3.29.